The molecule has 1 saturated carbocycles. The van der Waals surface area contributed by atoms with Gasteiger partial charge in [-0.1, -0.05) is 12.8 Å². The maximum Gasteiger partial charge on any atom is 0.310 e. The molecule has 0 spiro atoms. The first kappa shape index (κ1) is 15.3. The maximum atomic E-state index is 12.5. The molecule has 114 valence electrons. The fraction of sp³-hybridized carbons (Fsp3) is 0.857. The van der Waals surface area contributed by atoms with Crippen LogP contribution in [0.15, 0.2) is 0 Å². The minimum absolute atomic E-state index is 0.0603. The summed E-state index contributed by atoms with van der Waals surface area (Å²) in [4.78, 5) is 25.6. The van der Waals surface area contributed by atoms with Crippen LogP contribution in [0.5, 0.6) is 0 Å². The Kier molecular flexibility index (Phi) is 4.65. The van der Waals surface area contributed by atoms with Gasteiger partial charge in [-0.05, 0) is 19.8 Å². The van der Waals surface area contributed by atoms with Crippen molar-refractivity contribution in [3.63, 3.8) is 0 Å². The Hall–Kier alpha value is -1.14. The van der Waals surface area contributed by atoms with Crippen molar-refractivity contribution in [2.75, 3.05) is 19.8 Å². The van der Waals surface area contributed by atoms with E-state index in [2.05, 4.69) is 0 Å². The summed E-state index contributed by atoms with van der Waals surface area (Å²) in [7, 11) is 0. The zero-order chi connectivity index (χ0) is 14.8. The van der Waals surface area contributed by atoms with E-state index >= 15 is 0 Å². The van der Waals surface area contributed by atoms with Crippen LogP contribution in [0.25, 0.3) is 0 Å². The molecule has 6 nitrogen and oxygen atoms in total. The van der Waals surface area contributed by atoms with Gasteiger partial charge in [0.25, 0.3) is 0 Å². The third kappa shape index (κ3) is 2.96. The van der Waals surface area contributed by atoms with E-state index in [9.17, 15) is 14.7 Å². The Morgan fingerprint density at radius 2 is 2.00 bits per heavy atom. The Morgan fingerprint density at radius 3 is 2.55 bits per heavy atom. The summed E-state index contributed by atoms with van der Waals surface area (Å²) in [5.41, 5.74) is -0.885. The number of rotatable bonds is 4. The first-order valence-electron chi connectivity index (χ1n) is 7.24. The zero-order valence-corrected chi connectivity index (χ0v) is 11.9. The molecule has 0 radical (unpaired) electrons. The van der Waals surface area contributed by atoms with Gasteiger partial charge in [0.2, 0.25) is 5.91 Å². The fourth-order valence-corrected chi connectivity index (χ4v) is 3.18. The number of carboxylic acid groups (broad SMARTS) is 1. The van der Waals surface area contributed by atoms with Gasteiger partial charge < -0.3 is 19.8 Å². The van der Waals surface area contributed by atoms with E-state index in [-0.39, 0.29) is 31.1 Å². The molecule has 1 heterocycles. The molecule has 1 aliphatic carbocycles. The summed E-state index contributed by atoms with van der Waals surface area (Å²) in [6.07, 6.45) is 2.60. The van der Waals surface area contributed by atoms with Crippen LogP contribution < -0.4 is 0 Å². The van der Waals surface area contributed by atoms with Gasteiger partial charge >= 0.3 is 5.97 Å². The van der Waals surface area contributed by atoms with Crippen LogP contribution in [0.4, 0.5) is 0 Å². The number of amides is 1. The van der Waals surface area contributed by atoms with Crippen molar-refractivity contribution in [2.45, 2.75) is 51.2 Å². The predicted molar refractivity (Wildman–Crippen MR) is 71.2 cm³/mol. The summed E-state index contributed by atoms with van der Waals surface area (Å²) in [6, 6.07) is -0.0717. The van der Waals surface area contributed by atoms with E-state index in [4.69, 9.17) is 9.84 Å². The van der Waals surface area contributed by atoms with Gasteiger partial charge in [-0.15, -0.1) is 0 Å². The van der Waals surface area contributed by atoms with Crippen LogP contribution >= 0.6 is 0 Å². The quantitative estimate of drug-likeness (QED) is 0.791. The van der Waals surface area contributed by atoms with E-state index in [1.807, 2.05) is 6.92 Å². The van der Waals surface area contributed by atoms with E-state index in [1.54, 1.807) is 4.90 Å². The minimum atomic E-state index is -0.885. The monoisotopic (exact) mass is 285 g/mol. The summed E-state index contributed by atoms with van der Waals surface area (Å²) in [6.45, 7) is 2.48. The van der Waals surface area contributed by atoms with E-state index < -0.39 is 11.4 Å². The number of nitrogens with zero attached hydrogens (tertiary/aromatic N) is 1. The average Bonchev–Trinajstić information content (AvgIpc) is 2.89. The van der Waals surface area contributed by atoms with Gasteiger partial charge in [0, 0.05) is 13.0 Å². The van der Waals surface area contributed by atoms with Crippen LogP contribution in [0.3, 0.4) is 0 Å². The normalized spacial score (nSPS) is 29.4. The Labute approximate surface area is 118 Å². The Balaban J connectivity index is 2.04. The van der Waals surface area contributed by atoms with Crippen LogP contribution in [0.2, 0.25) is 0 Å². The average molecular weight is 285 g/mol. The molecule has 6 heteroatoms. The second-order valence-electron chi connectivity index (χ2n) is 6.00. The van der Waals surface area contributed by atoms with Gasteiger partial charge in [-0.3, -0.25) is 9.59 Å². The molecule has 1 saturated heterocycles. The lowest BCUT2D eigenvalue weighted by molar-refractivity contribution is -0.158. The molecule has 1 aliphatic heterocycles. The molecule has 2 unspecified atom stereocenters. The molecule has 2 atom stereocenters. The molecule has 1 amide bonds. The number of aliphatic hydroxyl groups excluding tert-OH is 1. The fourth-order valence-electron chi connectivity index (χ4n) is 3.18. The highest BCUT2D eigenvalue weighted by Crippen LogP contribution is 2.42. The number of morpholine rings is 1. The zero-order valence-electron chi connectivity index (χ0n) is 11.9. The molecule has 0 bridgehead atoms. The van der Waals surface area contributed by atoms with Crippen molar-refractivity contribution in [1.29, 1.82) is 0 Å². The van der Waals surface area contributed by atoms with Crippen LogP contribution in [-0.4, -0.2) is 58.9 Å². The molecule has 2 N–H and O–H groups in total. The lowest BCUT2D eigenvalue weighted by atomic mass is 9.82. The first-order chi connectivity index (χ1) is 9.48. The summed E-state index contributed by atoms with van der Waals surface area (Å²) in [5, 5.41) is 18.6. The third-order valence-corrected chi connectivity index (χ3v) is 4.53. The number of ether oxygens (including phenoxy) is 1. The summed E-state index contributed by atoms with van der Waals surface area (Å²) < 4.78 is 5.40. The number of hydrogen-bond acceptors (Lipinski definition) is 4. The molecule has 0 aromatic carbocycles. The molecular formula is C14H23NO5. The third-order valence-electron chi connectivity index (χ3n) is 4.53. The number of aliphatic hydroxyl groups is 1. The van der Waals surface area contributed by atoms with Crippen molar-refractivity contribution in [3.8, 4) is 0 Å². The van der Waals surface area contributed by atoms with Gasteiger partial charge in [0.15, 0.2) is 0 Å². The number of carboxylic acids is 1. The second kappa shape index (κ2) is 6.10. The molecule has 0 aromatic rings. The van der Waals surface area contributed by atoms with Crippen molar-refractivity contribution in [3.05, 3.63) is 0 Å². The van der Waals surface area contributed by atoms with Crippen molar-refractivity contribution < 1.29 is 24.5 Å². The van der Waals surface area contributed by atoms with Crippen molar-refractivity contribution in [2.24, 2.45) is 5.41 Å². The molecule has 2 rings (SSSR count). The van der Waals surface area contributed by atoms with Crippen LogP contribution in [0, 0.1) is 5.41 Å². The van der Waals surface area contributed by atoms with Crippen molar-refractivity contribution in [1.82, 2.24) is 4.90 Å². The van der Waals surface area contributed by atoms with Gasteiger partial charge in [0.1, 0.15) is 0 Å². The van der Waals surface area contributed by atoms with Crippen LogP contribution in [-0.2, 0) is 14.3 Å². The number of aliphatic carboxylic acids is 1. The highest BCUT2D eigenvalue weighted by atomic mass is 16.5. The van der Waals surface area contributed by atoms with E-state index in [0.29, 0.717) is 26.0 Å². The second-order valence-corrected chi connectivity index (χ2v) is 6.00. The SMILES string of the molecule is CC1COC(CO)CN1C(=O)CC1(C(=O)O)CCCC1. The minimum Gasteiger partial charge on any atom is -0.481 e. The first-order valence-corrected chi connectivity index (χ1v) is 7.24. The highest BCUT2D eigenvalue weighted by Gasteiger charge is 2.44. The van der Waals surface area contributed by atoms with Crippen LogP contribution in [0.1, 0.15) is 39.0 Å². The van der Waals surface area contributed by atoms with E-state index in [0.717, 1.165) is 12.8 Å². The highest BCUT2D eigenvalue weighted by molar-refractivity contribution is 5.85. The number of hydrogen-bond donors (Lipinski definition) is 2. The standard InChI is InChI=1S/C14H23NO5/c1-10-9-20-11(8-16)7-15(10)12(17)6-14(13(18)19)4-2-3-5-14/h10-11,16H,2-9H2,1H3,(H,18,19). The number of carbonyl (C=O) groups is 2. The van der Waals surface area contributed by atoms with Gasteiger partial charge in [-0.25, -0.2) is 0 Å². The number of carbonyl (C=O) groups excluding carboxylic acids is 1. The molecular weight excluding hydrogens is 262 g/mol. The van der Waals surface area contributed by atoms with Gasteiger partial charge in [0.05, 0.1) is 30.8 Å². The summed E-state index contributed by atoms with van der Waals surface area (Å²) in [5.74, 6) is -0.994. The Bertz CT molecular complexity index is 378. The molecule has 2 fully saturated rings. The topological polar surface area (TPSA) is 87.1 Å². The lowest BCUT2D eigenvalue weighted by Gasteiger charge is -2.39. The molecule has 2 aliphatic rings. The largest absolute Gasteiger partial charge is 0.481 e. The van der Waals surface area contributed by atoms with Gasteiger partial charge in [-0.2, -0.15) is 0 Å². The van der Waals surface area contributed by atoms with Crippen molar-refractivity contribution >= 4 is 11.9 Å². The lowest BCUT2D eigenvalue weighted by Crippen LogP contribution is -2.53. The predicted octanol–water partition coefficient (Wildman–Crippen LogP) is 0.630. The van der Waals surface area contributed by atoms with E-state index in [1.165, 1.54) is 0 Å². The molecule has 0 aromatic heterocycles. The maximum absolute atomic E-state index is 12.5. The smallest absolute Gasteiger partial charge is 0.310 e. The Morgan fingerprint density at radius 1 is 1.35 bits per heavy atom. The molecule has 20 heavy (non-hydrogen) atoms. The summed E-state index contributed by atoms with van der Waals surface area (Å²) >= 11 is 0.